The van der Waals surface area contributed by atoms with Gasteiger partial charge in [0.25, 0.3) is 0 Å². The molecule has 0 fully saturated rings. The molecular formula is C16H18N2OS. The molecule has 0 atom stereocenters. The van der Waals surface area contributed by atoms with Crippen molar-refractivity contribution >= 4 is 11.3 Å². The van der Waals surface area contributed by atoms with Crippen molar-refractivity contribution in [1.82, 2.24) is 4.57 Å². The first-order valence-electron chi connectivity index (χ1n) is 7.01. The summed E-state index contributed by atoms with van der Waals surface area (Å²) in [4.78, 5) is 1.38. The molecule has 0 amide bonds. The van der Waals surface area contributed by atoms with Gasteiger partial charge in [-0.25, -0.2) is 0 Å². The summed E-state index contributed by atoms with van der Waals surface area (Å²) in [5, 5.41) is 20.0. The van der Waals surface area contributed by atoms with E-state index in [1.165, 1.54) is 23.3 Å². The lowest BCUT2D eigenvalue weighted by molar-refractivity contribution is 0.281. The minimum atomic E-state index is 0.0483. The first-order chi connectivity index (χ1) is 9.67. The number of rotatable bonds is 2. The van der Waals surface area contributed by atoms with Crippen molar-refractivity contribution in [2.75, 3.05) is 0 Å². The maximum atomic E-state index is 9.56. The van der Waals surface area contributed by atoms with Gasteiger partial charge in [-0.15, -0.1) is 11.3 Å². The molecule has 1 aliphatic carbocycles. The van der Waals surface area contributed by atoms with Gasteiger partial charge in [-0.2, -0.15) is 5.26 Å². The molecule has 3 nitrogen and oxygen atoms in total. The molecule has 4 heteroatoms. The Kier molecular flexibility index (Phi) is 3.41. The van der Waals surface area contributed by atoms with E-state index in [0.717, 1.165) is 40.4 Å². The van der Waals surface area contributed by atoms with Gasteiger partial charge in [-0.05, 0) is 56.7 Å². The van der Waals surface area contributed by atoms with Gasteiger partial charge >= 0.3 is 0 Å². The Bertz CT molecular complexity index is 703. The number of aliphatic hydroxyl groups excluding tert-OH is 1. The lowest BCUT2D eigenvalue weighted by Gasteiger charge is -2.10. The van der Waals surface area contributed by atoms with Crippen LogP contribution in [-0.2, 0) is 19.4 Å². The van der Waals surface area contributed by atoms with Crippen molar-refractivity contribution < 1.29 is 5.11 Å². The van der Waals surface area contributed by atoms with Gasteiger partial charge in [-0.1, -0.05) is 0 Å². The highest BCUT2D eigenvalue weighted by Crippen LogP contribution is 2.38. The Hall–Kier alpha value is -1.57. The second kappa shape index (κ2) is 5.08. The van der Waals surface area contributed by atoms with E-state index < -0.39 is 0 Å². The number of hydrogen-bond acceptors (Lipinski definition) is 3. The first-order valence-corrected chi connectivity index (χ1v) is 7.82. The Labute approximate surface area is 123 Å². The average Bonchev–Trinajstić information content (AvgIpc) is 2.95. The summed E-state index contributed by atoms with van der Waals surface area (Å²) >= 11 is 1.75. The minimum Gasteiger partial charge on any atom is -0.392 e. The average molecular weight is 286 g/mol. The summed E-state index contributed by atoms with van der Waals surface area (Å²) in [5.41, 5.74) is 5.17. The van der Waals surface area contributed by atoms with Crippen LogP contribution in [0.3, 0.4) is 0 Å². The maximum Gasteiger partial charge on any atom is 0.118 e. The highest BCUT2D eigenvalue weighted by Gasteiger charge is 2.23. The lowest BCUT2D eigenvalue weighted by Crippen LogP contribution is -2.02. The van der Waals surface area contributed by atoms with E-state index in [9.17, 15) is 10.4 Å². The fourth-order valence-corrected chi connectivity index (χ4v) is 4.58. The molecule has 0 unspecified atom stereocenters. The number of aryl methyl sites for hydroxylation is 2. The van der Waals surface area contributed by atoms with Gasteiger partial charge in [0.05, 0.1) is 12.2 Å². The highest BCUT2D eigenvalue weighted by molar-refractivity contribution is 7.15. The van der Waals surface area contributed by atoms with Gasteiger partial charge in [0.2, 0.25) is 0 Å². The van der Waals surface area contributed by atoms with Crippen molar-refractivity contribution in [1.29, 1.82) is 5.26 Å². The van der Waals surface area contributed by atoms with Crippen molar-refractivity contribution in [3.05, 3.63) is 39.0 Å². The van der Waals surface area contributed by atoms with Crippen molar-refractivity contribution in [3.63, 3.8) is 0 Å². The van der Waals surface area contributed by atoms with Crippen molar-refractivity contribution in [2.45, 2.75) is 46.1 Å². The molecule has 0 radical (unpaired) electrons. The molecule has 0 saturated carbocycles. The topological polar surface area (TPSA) is 49.0 Å². The van der Waals surface area contributed by atoms with Crippen LogP contribution in [0, 0.1) is 25.2 Å². The van der Waals surface area contributed by atoms with E-state index in [-0.39, 0.29) is 6.61 Å². The van der Waals surface area contributed by atoms with Crippen LogP contribution in [0.4, 0.5) is 0 Å². The molecule has 0 saturated heterocycles. The third-order valence-corrected chi connectivity index (χ3v) is 5.45. The molecule has 2 aromatic rings. The zero-order chi connectivity index (χ0) is 14.3. The number of hydrogen-bond donors (Lipinski definition) is 1. The van der Waals surface area contributed by atoms with Gasteiger partial charge in [-0.3, -0.25) is 0 Å². The lowest BCUT2D eigenvalue weighted by atomic mass is 9.96. The molecule has 3 rings (SSSR count). The molecular weight excluding hydrogens is 268 g/mol. The fraction of sp³-hybridized carbons (Fsp3) is 0.438. The molecule has 0 aliphatic heterocycles. The van der Waals surface area contributed by atoms with Crippen LogP contribution in [-0.4, -0.2) is 9.67 Å². The highest BCUT2D eigenvalue weighted by atomic mass is 32.1. The predicted octanol–water partition coefficient (Wildman–Crippen LogP) is 3.40. The number of nitrogens with zero attached hydrogens (tertiary/aromatic N) is 2. The second-order valence-electron chi connectivity index (χ2n) is 5.39. The molecule has 0 spiro atoms. The van der Waals surface area contributed by atoms with E-state index in [1.807, 2.05) is 19.9 Å². The van der Waals surface area contributed by atoms with E-state index in [0.29, 0.717) is 0 Å². The van der Waals surface area contributed by atoms with Crippen LogP contribution in [0.1, 0.15) is 45.8 Å². The standard InChI is InChI=1S/C16H18N2OS/c1-10-7-12(9-19)11(2)18(10)16-14(8-17)13-5-3-4-6-15(13)20-16/h7,19H,3-6,9H2,1-2H3. The smallest absolute Gasteiger partial charge is 0.118 e. The van der Waals surface area contributed by atoms with Crippen molar-refractivity contribution in [3.8, 4) is 11.1 Å². The summed E-state index contributed by atoms with van der Waals surface area (Å²) in [6.45, 7) is 4.09. The molecule has 2 heterocycles. The SMILES string of the molecule is Cc1cc(CO)c(C)n1-c1sc2c(c1C#N)CCCC2. The molecule has 2 aromatic heterocycles. The van der Waals surface area contributed by atoms with Crippen LogP contribution < -0.4 is 0 Å². The molecule has 1 aliphatic rings. The van der Waals surface area contributed by atoms with Gasteiger partial charge in [0.15, 0.2) is 0 Å². The van der Waals surface area contributed by atoms with Gasteiger partial charge < -0.3 is 9.67 Å². The molecule has 0 bridgehead atoms. The largest absolute Gasteiger partial charge is 0.392 e. The second-order valence-corrected chi connectivity index (χ2v) is 6.48. The van der Waals surface area contributed by atoms with E-state index in [1.54, 1.807) is 11.3 Å². The van der Waals surface area contributed by atoms with Crippen LogP contribution >= 0.6 is 11.3 Å². The zero-order valence-corrected chi connectivity index (χ0v) is 12.7. The normalized spacial score (nSPS) is 14.1. The van der Waals surface area contributed by atoms with Crippen LogP contribution in [0.5, 0.6) is 0 Å². The molecule has 104 valence electrons. The monoisotopic (exact) mass is 286 g/mol. The quantitative estimate of drug-likeness (QED) is 0.920. The first kappa shape index (κ1) is 13.4. The summed E-state index contributed by atoms with van der Waals surface area (Å²) in [7, 11) is 0. The summed E-state index contributed by atoms with van der Waals surface area (Å²) in [6.07, 6.45) is 4.54. The van der Waals surface area contributed by atoms with Gasteiger partial charge in [0.1, 0.15) is 11.1 Å². The van der Waals surface area contributed by atoms with Crippen LogP contribution in [0.25, 0.3) is 5.00 Å². The number of aliphatic hydroxyl groups is 1. The fourth-order valence-electron chi connectivity index (χ4n) is 3.13. The Morgan fingerprint density at radius 1 is 1.35 bits per heavy atom. The third-order valence-electron chi connectivity index (χ3n) is 4.17. The molecule has 1 N–H and O–H groups in total. The van der Waals surface area contributed by atoms with E-state index in [2.05, 4.69) is 10.6 Å². The zero-order valence-electron chi connectivity index (χ0n) is 11.9. The Balaban J connectivity index is 2.23. The Morgan fingerprint density at radius 3 is 2.75 bits per heavy atom. The number of thiophene rings is 1. The summed E-state index contributed by atoms with van der Waals surface area (Å²) in [5.74, 6) is 0. The third kappa shape index (κ3) is 1.90. The van der Waals surface area contributed by atoms with Crippen LogP contribution in [0.15, 0.2) is 6.07 Å². The molecule has 20 heavy (non-hydrogen) atoms. The van der Waals surface area contributed by atoms with E-state index >= 15 is 0 Å². The maximum absolute atomic E-state index is 9.56. The predicted molar refractivity (Wildman–Crippen MR) is 80.4 cm³/mol. The van der Waals surface area contributed by atoms with Gasteiger partial charge in [0, 0.05) is 16.3 Å². The summed E-state index contributed by atoms with van der Waals surface area (Å²) < 4.78 is 2.13. The van der Waals surface area contributed by atoms with E-state index in [4.69, 9.17) is 0 Å². The van der Waals surface area contributed by atoms with Crippen LogP contribution in [0.2, 0.25) is 0 Å². The minimum absolute atomic E-state index is 0.0483. The number of aromatic nitrogens is 1. The molecule has 0 aromatic carbocycles. The number of fused-ring (bicyclic) bond motifs is 1. The number of nitriles is 1. The summed E-state index contributed by atoms with van der Waals surface area (Å²) in [6, 6.07) is 4.42. The van der Waals surface area contributed by atoms with Crippen molar-refractivity contribution in [2.24, 2.45) is 0 Å². The Morgan fingerprint density at radius 2 is 2.10 bits per heavy atom.